The number of ether oxygens (including phenoxy) is 3. The number of aliphatic hydroxyl groups is 1. The molecular weight excluding hydrogens is 356 g/mol. The third kappa shape index (κ3) is 3.12. The van der Waals surface area contributed by atoms with Crippen LogP contribution in [0, 0.1) is 0 Å². The van der Waals surface area contributed by atoms with Gasteiger partial charge in [0.1, 0.15) is 18.3 Å². The van der Waals surface area contributed by atoms with Gasteiger partial charge in [-0.1, -0.05) is 0 Å². The second-order valence-corrected chi connectivity index (χ2v) is 7.23. The summed E-state index contributed by atoms with van der Waals surface area (Å²) in [5, 5.41) is 9.64. The fourth-order valence-corrected chi connectivity index (χ4v) is 3.36. The molecule has 4 heterocycles. The van der Waals surface area contributed by atoms with Gasteiger partial charge in [-0.05, 0) is 13.8 Å². The van der Waals surface area contributed by atoms with Crippen LogP contribution in [-0.2, 0) is 14.2 Å². The first-order chi connectivity index (χ1) is 12.8. The summed E-state index contributed by atoms with van der Waals surface area (Å²) in [6.07, 6.45) is 0.921. The van der Waals surface area contributed by atoms with Gasteiger partial charge >= 0.3 is 0 Å². The Hall–Kier alpha value is -2.34. The van der Waals surface area contributed by atoms with Gasteiger partial charge in [0.25, 0.3) is 5.56 Å². The van der Waals surface area contributed by atoms with E-state index in [0.29, 0.717) is 5.65 Å². The van der Waals surface area contributed by atoms with Gasteiger partial charge in [0.05, 0.1) is 19.3 Å². The van der Waals surface area contributed by atoms with Gasteiger partial charge < -0.3 is 24.2 Å². The van der Waals surface area contributed by atoms with Crippen molar-refractivity contribution in [3.05, 3.63) is 16.7 Å². The molecule has 2 aliphatic heterocycles. The maximum atomic E-state index is 12.3. The molecule has 27 heavy (non-hydrogen) atoms. The molecule has 2 aromatic rings. The average Bonchev–Trinajstić information content (AvgIpc) is 3.23. The average molecular weight is 378 g/mol. The van der Waals surface area contributed by atoms with Gasteiger partial charge in [-0.2, -0.15) is 4.98 Å². The number of fused-ring (bicyclic) bond motifs is 2. The van der Waals surface area contributed by atoms with Gasteiger partial charge in [0.2, 0.25) is 5.95 Å². The second-order valence-electron chi connectivity index (χ2n) is 7.23. The Bertz CT molecular complexity index is 935. The molecule has 0 aromatic carbocycles. The number of aromatic nitrogens is 4. The standard InChI is InChI=1S/C16H22N6O5/c1-16(2)26-10-8(5-23)25-14(11(10)27-16)22-7-17-9-12(22)19-15(20-13(9)24)18-6-21(3)4/h6-8,10-11,14,23H,5H2,1-4H3,(H,19,20,24)/b18-6+/t8-,10?,11+,14-/m1/s1. The summed E-state index contributed by atoms with van der Waals surface area (Å²) in [5.74, 6) is -0.645. The highest BCUT2D eigenvalue weighted by Gasteiger charge is 2.56. The summed E-state index contributed by atoms with van der Waals surface area (Å²) in [6, 6.07) is 0. The first kappa shape index (κ1) is 18.0. The zero-order valence-electron chi connectivity index (χ0n) is 15.5. The quantitative estimate of drug-likeness (QED) is 0.551. The number of imidazole rings is 1. The Kier molecular flexibility index (Phi) is 4.26. The van der Waals surface area contributed by atoms with Crippen molar-refractivity contribution in [1.82, 2.24) is 24.4 Å². The summed E-state index contributed by atoms with van der Waals surface area (Å²) in [6.45, 7) is 3.40. The number of aliphatic imine (C=N–C) groups is 1. The van der Waals surface area contributed by atoms with Gasteiger partial charge in [-0.3, -0.25) is 14.3 Å². The Morgan fingerprint density at radius 2 is 2.15 bits per heavy atom. The highest BCUT2D eigenvalue weighted by molar-refractivity contribution is 5.71. The maximum Gasteiger partial charge on any atom is 0.280 e. The predicted octanol–water partition coefficient (Wildman–Crippen LogP) is -0.249. The predicted molar refractivity (Wildman–Crippen MR) is 94.8 cm³/mol. The van der Waals surface area contributed by atoms with E-state index in [0.717, 1.165) is 0 Å². The van der Waals surface area contributed by atoms with Crippen LogP contribution in [0.1, 0.15) is 20.1 Å². The number of H-pyrrole nitrogens is 1. The molecule has 0 radical (unpaired) electrons. The van der Waals surface area contributed by atoms with Crippen LogP contribution in [0.5, 0.6) is 0 Å². The van der Waals surface area contributed by atoms with Crippen molar-refractivity contribution in [2.75, 3.05) is 20.7 Å². The zero-order chi connectivity index (χ0) is 19.3. The van der Waals surface area contributed by atoms with Gasteiger partial charge in [0, 0.05) is 14.1 Å². The van der Waals surface area contributed by atoms with Gasteiger partial charge in [-0.15, -0.1) is 0 Å². The number of hydrogen-bond acceptors (Lipinski definition) is 8. The second kappa shape index (κ2) is 6.37. The van der Waals surface area contributed by atoms with Gasteiger partial charge in [0.15, 0.2) is 23.2 Å². The summed E-state index contributed by atoms with van der Waals surface area (Å²) in [7, 11) is 3.62. The van der Waals surface area contributed by atoms with Crippen molar-refractivity contribution in [1.29, 1.82) is 0 Å². The minimum atomic E-state index is -0.798. The Morgan fingerprint density at radius 1 is 1.41 bits per heavy atom. The van der Waals surface area contributed by atoms with Crippen LogP contribution in [0.25, 0.3) is 11.2 Å². The summed E-state index contributed by atoms with van der Waals surface area (Å²) in [4.78, 5) is 29.3. The van der Waals surface area contributed by atoms with E-state index in [1.165, 1.54) is 12.7 Å². The van der Waals surface area contributed by atoms with Crippen molar-refractivity contribution in [2.45, 2.75) is 44.2 Å². The van der Waals surface area contributed by atoms with Gasteiger partial charge in [-0.25, -0.2) is 9.98 Å². The summed E-state index contributed by atoms with van der Waals surface area (Å²) >= 11 is 0. The molecule has 2 aromatic heterocycles. The van der Waals surface area contributed by atoms with Crippen molar-refractivity contribution in [2.24, 2.45) is 4.99 Å². The molecule has 4 rings (SSSR count). The van der Waals surface area contributed by atoms with Crippen LogP contribution in [0.15, 0.2) is 16.1 Å². The minimum Gasteiger partial charge on any atom is -0.394 e. The van der Waals surface area contributed by atoms with Crippen LogP contribution in [-0.4, -0.2) is 80.7 Å². The van der Waals surface area contributed by atoms with Crippen LogP contribution in [0.3, 0.4) is 0 Å². The number of hydrogen-bond donors (Lipinski definition) is 2. The molecule has 0 amide bonds. The van der Waals surface area contributed by atoms with Crippen molar-refractivity contribution in [3.63, 3.8) is 0 Å². The first-order valence-electron chi connectivity index (χ1n) is 8.58. The SMILES string of the molecule is CN(C)/C=N/c1nc2c(ncn2[C@@H]2O[C@H](CO)C3OC(C)(C)O[C@@H]32)c(=O)[nH]1. The number of rotatable bonds is 4. The normalized spacial score (nSPS) is 29.7. The van der Waals surface area contributed by atoms with E-state index >= 15 is 0 Å². The van der Waals surface area contributed by atoms with E-state index in [-0.39, 0.29) is 18.1 Å². The van der Waals surface area contributed by atoms with E-state index in [4.69, 9.17) is 14.2 Å². The molecule has 0 bridgehead atoms. The molecule has 0 spiro atoms. The largest absolute Gasteiger partial charge is 0.394 e. The molecule has 2 saturated heterocycles. The Morgan fingerprint density at radius 3 is 2.85 bits per heavy atom. The first-order valence-corrected chi connectivity index (χ1v) is 8.58. The molecule has 0 saturated carbocycles. The number of nitrogens with zero attached hydrogens (tertiary/aromatic N) is 5. The van der Waals surface area contributed by atoms with Crippen molar-refractivity contribution < 1.29 is 19.3 Å². The number of nitrogens with one attached hydrogen (secondary N) is 1. The monoisotopic (exact) mass is 378 g/mol. The highest BCUT2D eigenvalue weighted by atomic mass is 16.8. The zero-order valence-corrected chi connectivity index (χ0v) is 15.5. The Balaban J connectivity index is 1.76. The number of aliphatic hydroxyl groups excluding tert-OH is 1. The third-order valence-corrected chi connectivity index (χ3v) is 4.41. The molecule has 1 unspecified atom stereocenters. The lowest BCUT2D eigenvalue weighted by atomic mass is 10.1. The van der Waals surface area contributed by atoms with E-state index in [1.54, 1.807) is 23.3 Å². The lowest BCUT2D eigenvalue weighted by Gasteiger charge is -2.24. The Labute approximate surface area is 154 Å². The molecule has 2 N–H and O–H groups in total. The summed E-state index contributed by atoms with van der Waals surface area (Å²) < 4.78 is 19.4. The molecule has 0 aliphatic carbocycles. The fourth-order valence-electron chi connectivity index (χ4n) is 3.36. The molecule has 4 atom stereocenters. The molecule has 11 nitrogen and oxygen atoms in total. The van der Waals surface area contributed by atoms with Crippen LogP contribution >= 0.6 is 0 Å². The lowest BCUT2D eigenvalue weighted by Crippen LogP contribution is -2.31. The van der Waals surface area contributed by atoms with Crippen LogP contribution < -0.4 is 5.56 Å². The fraction of sp³-hybridized carbons (Fsp3) is 0.625. The molecule has 11 heteroatoms. The van der Waals surface area contributed by atoms with E-state index in [9.17, 15) is 9.90 Å². The van der Waals surface area contributed by atoms with Crippen LogP contribution in [0.4, 0.5) is 5.95 Å². The van der Waals surface area contributed by atoms with Crippen molar-refractivity contribution >= 4 is 23.5 Å². The molecule has 146 valence electrons. The van der Waals surface area contributed by atoms with Crippen LogP contribution in [0.2, 0.25) is 0 Å². The minimum absolute atomic E-state index is 0.153. The van der Waals surface area contributed by atoms with E-state index in [1.807, 2.05) is 14.1 Å². The smallest absolute Gasteiger partial charge is 0.280 e. The third-order valence-electron chi connectivity index (χ3n) is 4.41. The lowest BCUT2D eigenvalue weighted by molar-refractivity contribution is -0.199. The maximum absolute atomic E-state index is 12.3. The summed E-state index contributed by atoms with van der Waals surface area (Å²) in [5.41, 5.74) is 0.0895. The highest BCUT2D eigenvalue weighted by Crippen LogP contribution is 2.43. The molecular formula is C16H22N6O5. The molecule has 2 fully saturated rings. The van der Waals surface area contributed by atoms with E-state index in [2.05, 4.69) is 19.9 Å². The molecule has 2 aliphatic rings. The van der Waals surface area contributed by atoms with Crippen molar-refractivity contribution in [3.8, 4) is 0 Å². The van der Waals surface area contributed by atoms with E-state index < -0.39 is 35.9 Å². The number of aromatic amines is 1. The topological polar surface area (TPSA) is 127 Å².